The van der Waals surface area contributed by atoms with Crippen LogP contribution >= 0.6 is 39.1 Å². The zero-order chi connectivity index (χ0) is 16.8. The van der Waals surface area contributed by atoms with Gasteiger partial charge in [-0.2, -0.15) is 10.5 Å². The number of halogens is 3. The molecule has 2 aromatic rings. The van der Waals surface area contributed by atoms with Crippen molar-refractivity contribution in [3.63, 3.8) is 0 Å². The summed E-state index contributed by atoms with van der Waals surface area (Å²) >= 11 is 15.6. The molecule has 0 atom stereocenters. The summed E-state index contributed by atoms with van der Waals surface area (Å²) in [4.78, 5) is 0. The van der Waals surface area contributed by atoms with Crippen LogP contribution in [0.15, 0.2) is 46.4 Å². The second-order valence-electron chi connectivity index (χ2n) is 4.45. The van der Waals surface area contributed by atoms with E-state index in [2.05, 4.69) is 15.9 Å². The SMILES string of the molecule is N#CC(C#N)=Cc1cc(Br)ccc1OCc1c(Cl)cccc1Cl. The molecule has 0 aliphatic rings. The first-order valence-electron chi connectivity index (χ1n) is 6.42. The van der Waals surface area contributed by atoms with Crippen LogP contribution in [0.5, 0.6) is 5.75 Å². The van der Waals surface area contributed by atoms with E-state index in [0.717, 1.165) is 4.47 Å². The Hall–Kier alpha value is -1.98. The van der Waals surface area contributed by atoms with Crippen molar-refractivity contribution in [2.45, 2.75) is 6.61 Å². The molecule has 2 aromatic carbocycles. The minimum absolute atomic E-state index is 0.0104. The number of nitrogens with zero attached hydrogens (tertiary/aromatic N) is 2. The lowest BCUT2D eigenvalue weighted by Crippen LogP contribution is -1.99. The van der Waals surface area contributed by atoms with Crippen LogP contribution in [-0.4, -0.2) is 0 Å². The predicted octanol–water partition coefficient (Wildman–Crippen LogP) is 5.77. The number of ether oxygens (including phenoxy) is 1. The van der Waals surface area contributed by atoms with Gasteiger partial charge < -0.3 is 4.74 Å². The summed E-state index contributed by atoms with van der Waals surface area (Å²) in [7, 11) is 0. The number of nitriles is 2. The summed E-state index contributed by atoms with van der Waals surface area (Å²) in [5.41, 5.74) is 1.28. The third-order valence-electron chi connectivity index (χ3n) is 2.95. The molecule has 0 unspecified atom stereocenters. The summed E-state index contributed by atoms with van der Waals surface area (Å²) in [6, 6.07) is 14.2. The van der Waals surface area contributed by atoms with E-state index >= 15 is 0 Å². The van der Waals surface area contributed by atoms with E-state index in [-0.39, 0.29) is 12.2 Å². The highest BCUT2D eigenvalue weighted by molar-refractivity contribution is 9.10. The van der Waals surface area contributed by atoms with Gasteiger partial charge in [0.2, 0.25) is 0 Å². The molecule has 0 saturated heterocycles. The van der Waals surface area contributed by atoms with Gasteiger partial charge in [0.25, 0.3) is 0 Å². The molecule has 0 N–H and O–H groups in total. The molecule has 0 aliphatic carbocycles. The summed E-state index contributed by atoms with van der Waals surface area (Å²) < 4.78 is 6.58. The average molecular weight is 408 g/mol. The molecule has 0 aromatic heterocycles. The normalized spacial score (nSPS) is 9.61. The first-order chi connectivity index (χ1) is 11.0. The fourth-order valence-corrected chi connectivity index (χ4v) is 2.71. The van der Waals surface area contributed by atoms with Gasteiger partial charge >= 0.3 is 0 Å². The summed E-state index contributed by atoms with van der Waals surface area (Å²) in [5.74, 6) is 0.521. The van der Waals surface area contributed by atoms with Gasteiger partial charge in [-0.1, -0.05) is 45.2 Å². The van der Waals surface area contributed by atoms with E-state index < -0.39 is 0 Å². The van der Waals surface area contributed by atoms with Crippen molar-refractivity contribution in [3.8, 4) is 17.9 Å². The van der Waals surface area contributed by atoms with Crippen LogP contribution in [-0.2, 0) is 6.61 Å². The Labute approximate surface area is 152 Å². The molecular formula is C17H9BrCl2N2O. The quantitative estimate of drug-likeness (QED) is 0.604. The van der Waals surface area contributed by atoms with Gasteiger partial charge in [0.1, 0.15) is 30.1 Å². The topological polar surface area (TPSA) is 56.8 Å². The van der Waals surface area contributed by atoms with E-state index in [1.165, 1.54) is 6.08 Å². The number of rotatable bonds is 4. The Morgan fingerprint density at radius 3 is 2.39 bits per heavy atom. The highest BCUT2D eigenvalue weighted by atomic mass is 79.9. The Kier molecular flexibility index (Phi) is 6.07. The van der Waals surface area contributed by atoms with Gasteiger partial charge in [-0.25, -0.2) is 0 Å². The van der Waals surface area contributed by atoms with Crippen LogP contribution in [0.3, 0.4) is 0 Å². The van der Waals surface area contributed by atoms with Gasteiger partial charge in [0.05, 0.1) is 0 Å². The van der Waals surface area contributed by atoms with Crippen molar-refractivity contribution >= 4 is 45.2 Å². The summed E-state index contributed by atoms with van der Waals surface area (Å²) in [6.07, 6.45) is 1.47. The minimum atomic E-state index is -0.0104. The first kappa shape index (κ1) is 17.4. The van der Waals surface area contributed by atoms with Crippen molar-refractivity contribution < 1.29 is 4.74 Å². The van der Waals surface area contributed by atoms with Crippen LogP contribution in [0.2, 0.25) is 10.0 Å². The number of allylic oxidation sites excluding steroid dienone is 1. The Morgan fingerprint density at radius 1 is 1.13 bits per heavy atom. The van der Waals surface area contributed by atoms with Crippen molar-refractivity contribution in [1.82, 2.24) is 0 Å². The third kappa shape index (κ3) is 4.50. The maximum Gasteiger partial charge on any atom is 0.130 e. The Balaban J connectivity index is 2.33. The van der Waals surface area contributed by atoms with Crippen molar-refractivity contribution in [3.05, 3.63) is 67.6 Å². The molecule has 0 saturated carbocycles. The molecular weight excluding hydrogens is 399 g/mol. The molecule has 114 valence electrons. The smallest absolute Gasteiger partial charge is 0.130 e. The Morgan fingerprint density at radius 2 is 1.78 bits per heavy atom. The van der Waals surface area contributed by atoms with Gasteiger partial charge in [-0.05, 0) is 36.4 Å². The van der Waals surface area contributed by atoms with Crippen molar-refractivity contribution in [2.24, 2.45) is 0 Å². The molecule has 0 radical (unpaired) electrons. The standard InChI is InChI=1S/C17H9BrCl2N2O/c18-13-4-5-17(12(7-13)6-11(8-21)9-22)23-10-14-15(19)2-1-3-16(14)20/h1-7H,10H2. The second-order valence-corrected chi connectivity index (χ2v) is 6.18. The van der Waals surface area contributed by atoms with Crippen molar-refractivity contribution in [2.75, 3.05) is 0 Å². The van der Waals surface area contributed by atoms with Crippen LogP contribution in [0.4, 0.5) is 0 Å². The maximum atomic E-state index is 8.90. The first-order valence-corrected chi connectivity index (χ1v) is 7.97. The van der Waals surface area contributed by atoms with Crippen LogP contribution in [0.25, 0.3) is 6.08 Å². The second kappa shape index (κ2) is 8.04. The molecule has 2 rings (SSSR count). The Bertz CT molecular complexity index is 814. The van der Waals surface area contributed by atoms with Gasteiger partial charge in [0.15, 0.2) is 0 Å². The average Bonchev–Trinajstić information content (AvgIpc) is 2.53. The predicted molar refractivity (Wildman–Crippen MR) is 94.1 cm³/mol. The van der Waals surface area contributed by atoms with E-state index in [1.54, 1.807) is 36.4 Å². The monoisotopic (exact) mass is 406 g/mol. The minimum Gasteiger partial charge on any atom is -0.488 e. The molecule has 23 heavy (non-hydrogen) atoms. The fraction of sp³-hybridized carbons (Fsp3) is 0.0588. The number of benzene rings is 2. The van der Waals surface area contributed by atoms with Gasteiger partial charge in [0, 0.05) is 25.6 Å². The largest absolute Gasteiger partial charge is 0.488 e. The lowest BCUT2D eigenvalue weighted by molar-refractivity contribution is 0.305. The lowest BCUT2D eigenvalue weighted by atomic mass is 10.1. The molecule has 0 amide bonds. The van der Waals surface area contributed by atoms with E-state index in [0.29, 0.717) is 26.9 Å². The molecule has 0 fully saturated rings. The summed E-state index contributed by atoms with van der Waals surface area (Å²) in [6.45, 7) is 0.176. The number of hydrogen-bond acceptors (Lipinski definition) is 3. The number of hydrogen-bond donors (Lipinski definition) is 0. The molecule has 0 spiro atoms. The van der Waals surface area contributed by atoms with E-state index in [4.69, 9.17) is 38.5 Å². The molecule has 0 heterocycles. The van der Waals surface area contributed by atoms with Gasteiger partial charge in [-0.15, -0.1) is 0 Å². The van der Waals surface area contributed by atoms with E-state index in [9.17, 15) is 0 Å². The molecule has 0 bridgehead atoms. The third-order valence-corrected chi connectivity index (χ3v) is 4.15. The van der Waals surface area contributed by atoms with Crippen LogP contribution < -0.4 is 4.74 Å². The molecule has 6 heteroatoms. The highest BCUT2D eigenvalue weighted by Crippen LogP contribution is 2.29. The lowest BCUT2D eigenvalue weighted by Gasteiger charge is -2.12. The fourth-order valence-electron chi connectivity index (χ4n) is 1.83. The molecule has 0 aliphatic heterocycles. The van der Waals surface area contributed by atoms with Gasteiger partial charge in [-0.3, -0.25) is 0 Å². The van der Waals surface area contributed by atoms with Crippen LogP contribution in [0.1, 0.15) is 11.1 Å². The maximum absolute atomic E-state index is 8.90. The van der Waals surface area contributed by atoms with Crippen LogP contribution in [0, 0.1) is 22.7 Å². The summed E-state index contributed by atoms with van der Waals surface area (Å²) in [5, 5.41) is 18.8. The zero-order valence-corrected chi connectivity index (χ0v) is 14.8. The van der Waals surface area contributed by atoms with Crippen molar-refractivity contribution in [1.29, 1.82) is 10.5 Å². The zero-order valence-electron chi connectivity index (χ0n) is 11.7. The van der Waals surface area contributed by atoms with E-state index in [1.807, 2.05) is 12.1 Å². The molecule has 3 nitrogen and oxygen atoms in total. The highest BCUT2D eigenvalue weighted by Gasteiger charge is 2.09.